The molecule has 1 amide bonds. The van der Waals surface area contributed by atoms with Gasteiger partial charge in [-0.2, -0.15) is 0 Å². The molecule has 0 bridgehead atoms. The lowest BCUT2D eigenvalue weighted by atomic mass is 9.64. The van der Waals surface area contributed by atoms with Crippen LogP contribution in [0.1, 0.15) is 53.6 Å². The van der Waals surface area contributed by atoms with E-state index in [2.05, 4.69) is 29.2 Å². The Labute approximate surface area is 172 Å². The number of carbonyl (C=O) groups excluding carboxylic acids is 1. The lowest BCUT2D eigenvalue weighted by molar-refractivity contribution is 0.0991. The number of likely N-dealkylation sites (tertiary alicyclic amines) is 1. The van der Waals surface area contributed by atoms with Crippen molar-refractivity contribution in [3.63, 3.8) is 0 Å². The molecule has 2 fully saturated rings. The molecule has 1 saturated carbocycles. The Morgan fingerprint density at radius 1 is 1.07 bits per heavy atom. The number of benzene rings is 2. The third-order valence-corrected chi connectivity index (χ3v) is 6.91. The van der Waals surface area contributed by atoms with E-state index in [1.807, 2.05) is 24.3 Å². The Hall–Kier alpha value is -1.84. The molecular weight excluding hydrogens is 368 g/mol. The van der Waals surface area contributed by atoms with Crippen LogP contribution in [0.4, 0.5) is 0 Å². The number of nitrogens with zero attached hydrogens (tertiary/aromatic N) is 1. The van der Waals surface area contributed by atoms with Gasteiger partial charge in [0.15, 0.2) is 0 Å². The molecule has 3 nitrogen and oxygen atoms in total. The highest BCUT2D eigenvalue weighted by Crippen LogP contribution is 2.45. The SMILES string of the molecule is NC(=O)c1ccc(CC2CCCN(CC3(c4ccc(Cl)cc4)CCC3)C2)cc1. The zero-order valence-corrected chi connectivity index (χ0v) is 17.1. The fraction of sp³-hybridized carbons (Fsp3) is 0.458. The fourth-order valence-electron chi connectivity index (χ4n) is 4.97. The van der Waals surface area contributed by atoms with Crippen molar-refractivity contribution in [3.8, 4) is 0 Å². The van der Waals surface area contributed by atoms with Crippen molar-refractivity contribution in [2.75, 3.05) is 19.6 Å². The minimum atomic E-state index is -0.358. The zero-order valence-electron chi connectivity index (χ0n) is 16.4. The summed E-state index contributed by atoms with van der Waals surface area (Å²) in [5.41, 5.74) is 9.00. The topological polar surface area (TPSA) is 46.3 Å². The van der Waals surface area contributed by atoms with Gasteiger partial charge in [-0.25, -0.2) is 0 Å². The van der Waals surface area contributed by atoms with Gasteiger partial charge in [0.05, 0.1) is 0 Å². The number of hydrogen-bond acceptors (Lipinski definition) is 2. The molecule has 28 heavy (non-hydrogen) atoms. The number of nitrogens with two attached hydrogens (primary N) is 1. The molecule has 4 heteroatoms. The minimum absolute atomic E-state index is 0.315. The molecule has 0 aromatic heterocycles. The number of rotatable bonds is 6. The van der Waals surface area contributed by atoms with Crippen LogP contribution in [0.25, 0.3) is 0 Å². The maximum absolute atomic E-state index is 11.3. The molecule has 1 saturated heterocycles. The molecule has 1 atom stereocenters. The maximum Gasteiger partial charge on any atom is 0.248 e. The monoisotopic (exact) mass is 396 g/mol. The molecule has 4 rings (SSSR count). The van der Waals surface area contributed by atoms with E-state index in [0.29, 0.717) is 16.9 Å². The average Bonchev–Trinajstić information content (AvgIpc) is 2.66. The highest BCUT2D eigenvalue weighted by molar-refractivity contribution is 6.30. The van der Waals surface area contributed by atoms with Gasteiger partial charge in [0.25, 0.3) is 0 Å². The Morgan fingerprint density at radius 3 is 2.39 bits per heavy atom. The summed E-state index contributed by atoms with van der Waals surface area (Å²) in [4.78, 5) is 13.9. The molecule has 148 valence electrons. The van der Waals surface area contributed by atoms with Gasteiger partial charge in [-0.1, -0.05) is 42.3 Å². The summed E-state index contributed by atoms with van der Waals surface area (Å²) >= 11 is 6.10. The first-order chi connectivity index (χ1) is 13.5. The first-order valence-corrected chi connectivity index (χ1v) is 10.8. The van der Waals surface area contributed by atoms with Crippen LogP contribution >= 0.6 is 11.6 Å². The molecule has 1 heterocycles. The van der Waals surface area contributed by atoms with Crippen LogP contribution in [0.5, 0.6) is 0 Å². The highest BCUT2D eigenvalue weighted by atomic mass is 35.5. The first kappa shape index (κ1) is 19.5. The largest absolute Gasteiger partial charge is 0.366 e. The number of halogens is 1. The van der Waals surface area contributed by atoms with Crippen LogP contribution in [-0.2, 0) is 11.8 Å². The van der Waals surface area contributed by atoms with E-state index >= 15 is 0 Å². The summed E-state index contributed by atoms with van der Waals surface area (Å²) in [7, 11) is 0. The molecule has 1 aliphatic heterocycles. The van der Waals surface area contributed by atoms with Crippen LogP contribution in [-0.4, -0.2) is 30.4 Å². The summed E-state index contributed by atoms with van der Waals surface area (Å²) in [6.45, 7) is 3.52. The second-order valence-corrected chi connectivity index (χ2v) is 9.09. The smallest absolute Gasteiger partial charge is 0.248 e. The van der Waals surface area contributed by atoms with Gasteiger partial charge in [-0.15, -0.1) is 0 Å². The molecule has 0 spiro atoms. The van der Waals surface area contributed by atoms with Crippen molar-refractivity contribution in [1.29, 1.82) is 0 Å². The molecule has 2 N–H and O–H groups in total. The Balaban J connectivity index is 1.39. The third kappa shape index (κ3) is 4.26. The molecular formula is C24H29ClN2O. The lowest BCUT2D eigenvalue weighted by Crippen LogP contribution is -2.48. The van der Waals surface area contributed by atoms with Crippen LogP contribution in [0.2, 0.25) is 5.02 Å². The van der Waals surface area contributed by atoms with E-state index in [-0.39, 0.29) is 5.91 Å². The van der Waals surface area contributed by atoms with Crippen molar-refractivity contribution in [2.24, 2.45) is 11.7 Å². The Bertz CT molecular complexity index is 812. The zero-order chi connectivity index (χ0) is 19.6. The number of piperidine rings is 1. The van der Waals surface area contributed by atoms with Crippen LogP contribution in [0.15, 0.2) is 48.5 Å². The maximum atomic E-state index is 11.3. The highest BCUT2D eigenvalue weighted by Gasteiger charge is 2.40. The summed E-state index contributed by atoms with van der Waals surface area (Å²) in [5, 5.41) is 0.818. The molecule has 1 unspecified atom stereocenters. The third-order valence-electron chi connectivity index (χ3n) is 6.66. The average molecular weight is 397 g/mol. The summed E-state index contributed by atoms with van der Waals surface area (Å²) in [6, 6.07) is 16.3. The van der Waals surface area contributed by atoms with Crippen LogP contribution < -0.4 is 5.73 Å². The lowest BCUT2D eigenvalue weighted by Gasteiger charge is -2.47. The number of hydrogen-bond donors (Lipinski definition) is 1. The van der Waals surface area contributed by atoms with Crippen molar-refractivity contribution in [1.82, 2.24) is 4.90 Å². The number of amides is 1. The Morgan fingerprint density at radius 2 is 1.79 bits per heavy atom. The fourth-order valence-corrected chi connectivity index (χ4v) is 5.10. The summed E-state index contributed by atoms with van der Waals surface area (Å²) in [5.74, 6) is 0.318. The van der Waals surface area contributed by atoms with Crippen LogP contribution in [0, 0.1) is 5.92 Å². The van der Waals surface area contributed by atoms with E-state index in [1.54, 1.807) is 0 Å². The number of primary amides is 1. The molecule has 2 aromatic carbocycles. The van der Waals surface area contributed by atoms with Gasteiger partial charge in [0.1, 0.15) is 0 Å². The molecule has 1 aliphatic carbocycles. The van der Waals surface area contributed by atoms with Gasteiger partial charge in [0, 0.05) is 29.1 Å². The summed E-state index contributed by atoms with van der Waals surface area (Å²) < 4.78 is 0. The van der Waals surface area contributed by atoms with Crippen molar-refractivity contribution < 1.29 is 4.79 Å². The quantitative estimate of drug-likeness (QED) is 0.761. The second kappa shape index (κ2) is 8.26. The second-order valence-electron chi connectivity index (χ2n) is 8.65. The van der Waals surface area contributed by atoms with Gasteiger partial charge >= 0.3 is 0 Å². The van der Waals surface area contributed by atoms with E-state index < -0.39 is 0 Å². The predicted octanol–water partition coefficient (Wildman–Crippen LogP) is 4.82. The van der Waals surface area contributed by atoms with Gasteiger partial charge in [0.2, 0.25) is 5.91 Å². The summed E-state index contributed by atoms with van der Waals surface area (Å²) in [6.07, 6.45) is 7.51. The first-order valence-electron chi connectivity index (χ1n) is 10.4. The normalized spacial score (nSPS) is 21.8. The number of carbonyl (C=O) groups is 1. The van der Waals surface area contributed by atoms with E-state index in [9.17, 15) is 4.79 Å². The van der Waals surface area contributed by atoms with E-state index in [0.717, 1.165) is 24.5 Å². The molecule has 0 radical (unpaired) electrons. The Kier molecular flexibility index (Phi) is 5.75. The minimum Gasteiger partial charge on any atom is -0.366 e. The van der Waals surface area contributed by atoms with Crippen LogP contribution in [0.3, 0.4) is 0 Å². The molecule has 2 aromatic rings. The standard InChI is InChI=1S/C24H29ClN2O/c25-22-10-8-21(9-11-22)24(12-2-13-24)17-27-14-1-3-19(16-27)15-18-4-6-20(7-5-18)23(26)28/h4-11,19H,1-3,12-17H2,(H2,26,28). The van der Waals surface area contributed by atoms with Crippen molar-refractivity contribution >= 4 is 17.5 Å². The predicted molar refractivity (Wildman–Crippen MR) is 115 cm³/mol. The van der Waals surface area contributed by atoms with E-state index in [4.69, 9.17) is 17.3 Å². The van der Waals surface area contributed by atoms with Gasteiger partial charge < -0.3 is 10.6 Å². The van der Waals surface area contributed by atoms with Gasteiger partial charge in [-0.05, 0) is 80.0 Å². The van der Waals surface area contributed by atoms with Crippen molar-refractivity contribution in [3.05, 3.63) is 70.2 Å². The van der Waals surface area contributed by atoms with E-state index in [1.165, 1.54) is 49.8 Å². The molecule has 2 aliphatic rings. The van der Waals surface area contributed by atoms with Crippen molar-refractivity contribution in [2.45, 2.75) is 43.9 Å². The van der Waals surface area contributed by atoms with Gasteiger partial charge in [-0.3, -0.25) is 4.79 Å².